The largest absolute Gasteiger partial charge is 0.443 e. The van der Waals surface area contributed by atoms with E-state index in [0.717, 1.165) is 0 Å². The second-order valence-corrected chi connectivity index (χ2v) is 12.3. The van der Waals surface area contributed by atoms with E-state index in [2.05, 4.69) is 26.3 Å². The minimum Gasteiger partial charge on any atom is -0.443 e. The van der Waals surface area contributed by atoms with Gasteiger partial charge in [0.25, 0.3) is 5.91 Å². The van der Waals surface area contributed by atoms with Gasteiger partial charge in [0.15, 0.2) is 15.5 Å². The van der Waals surface area contributed by atoms with E-state index in [0.29, 0.717) is 19.4 Å². The Morgan fingerprint density at radius 3 is 2.48 bits per heavy atom. The zero-order valence-corrected chi connectivity index (χ0v) is 24.0. The van der Waals surface area contributed by atoms with Crippen LogP contribution in [0.25, 0.3) is 0 Å². The summed E-state index contributed by atoms with van der Waals surface area (Å²) in [6.07, 6.45) is 0.935. The molecule has 0 aliphatic carbocycles. The molecule has 0 radical (unpaired) electrons. The minimum atomic E-state index is -3.67. The van der Waals surface area contributed by atoms with Crippen LogP contribution in [0.3, 0.4) is 0 Å². The van der Waals surface area contributed by atoms with Gasteiger partial charge in [-0.1, -0.05) is 32.0 Å². The molecule has 0 saturated carbocycles. The first-order chi connectivity index (χ1) is 18.9. The molecule has 4 amide bonds. The molecule has 1 aliphatic heterocycles. The van der Waals surface area contributed by atoms with Crippen molar-refractivity contribution in [1.29, 1.82) is 0 Å². The molecule has 1 aliphatic rings. The first kappa shape index (κ1) is 30.8. The molecule has 0 fully saturated rings. The molecule has 2 aromatic rings. The molecule has 0 saturated heterocycles. The van der Waals surface area contributed by atoms with Crippen LogP contribution < -0.4 is 21.3 Å². The number of amides is 4. The van der Waals surface area contributed by atoms with Crippen molar-refractivity contribution in [3.05, 3.63) is 47.7 Å². The van der Waals surface area contributed by atoms with E-state index in [1.54, 1.807) is 32.0 Å². The van der Waals surface area contributed by atoms with Gasteiger partial charge in [-0.15, -0.1) is 0 Å². The Morgan fingerprint density at radius 1 is 1.10 bits per heavy atom. The van der Waals surface area contributed by atoms with Crippen LogP contribution in [-0.2, 0) is 24.2 Å². The van der Waals surface area contributed by atoms with Crippen molar-refractivity contribution < 1.29 is 32.0 Å². The summed E-state index contributed by atoms with van der Waals surface area (Å²) in [6.45, 7) is 7.12. The van der Waals surface area contributed by atoms with Crippen LogP contribution in [0.2, 0.25) is 0 Å². The van der Waals surface area contributed by atoms with Gasteiger partial charge in [0.2, 0.25) is 23.6 Å². The zero-order valence-electron chi connectivity index (χ0n) is 23.2. The molecule has 12 nitrogen and oxygen atoms in total. The van der Waals surface area contributed by atoms with Gasteiger partial charge < -0.3 is 25.7 Å². The second kappa shape index (κ2) is 13.6. The number of nitrogens with zero attached hydrogens (tertiary/aromatic N) is 1. The first-order valence-corrected chi connectivity index (χ1v) is 15.0. The van der Waals surface area contributed by atoms with E-state index in [1.807, 2.05) is 13.8 Å². The predicted octanol–water partition coefficient (Wildman–Crippen LogP) is 1.56. The number of oxazole rings is 1. The number of nitrogens with one attached hydrogen (secondary N) is 4. The molecular weight excluding hydrogens is 538 g/mol. The summed E-state index contributed by atoms with van der Waals surface area (Å²) in [5.41, 5.74) is 0.00567. The zero-order chi connectivity index (χ0) is 29.4. The summed E-state index contributed by atoms with van der Waals surface area (Å²) < 4.78 is 30.9. The predicted molar refractivity (Wildman–Crippen MR) is 146 cm³/mol. The fourth-order valence-corrected chi connectivity index (χ4v) is 5.47. The second-order valence-electron chi connectivity index (χ2n) is 10.2. The molecule has 3 rings (SSSR count). The van der Waals surface area contributed by atoms with Gasteiger partial charge in [0, 0.05) is 13.0 Å². The van der Waals surface area contributed by atoms with Crippen molar-refractivity contribution in [2.24, 2.45) is 5.92 Å². The number of aryl methyl sites for hydroxylation is 1. The van der Waals surface area contributed by atoms with Crippen molar-refractivity contribution in [1.82, 2.24) is 26.3 Å². The van der Waals surface area contributed by atoms with Gasteiger partial charge >= 0.3 is 0 Å². The van der Waals surface area contributed by atoms with Gasteiger partial charge in [-0.3, -0.25) is 19.2 Å². The molecule has 1 aromatic carbocycles. The fourth-order valence-electron chi connectivity index (χ4n) is 4.20. The molecule has 218 valence electrons. The smallest absolute Gasteiger partial charge is 0.274 e. The Kier molecular flexibility index (Phi) is 10.4. The standard InChI is InChI=1S/C27H37N5O7S/c1-16(2)22-27-32-23(18(4)39-27)26(36)29-17(3)24(34)28-14-9-8-12-20(25(35)31-22)30-21(33)13-15-40(37,38)19-10-6-5-7-11-19/h5-7,10-11,16-17,20,22H,8-9,12-15H2,1-4H3,(H,28,34)(H,29,36)(H,30,33)(H,31,35)/t17-,20+,22+/m1/s1. The van der Waals surface area contributed by atoms with Crippen LogP contribution in [0.15, 0.2) is 39.6 Å². The number of rotatable bonds is 6. The summed E-state index contributed by atoms with van der Waals surface area (Å²) in [5.74, 6) is -2.27. The van der Waals surface area contributed by atoms with E-state index >= 15 is 0 Å². The Hall–Kier alpha value is -3.74. The molecular formula is C27H37N5O7S. The number of sulfone groups is 1. The van der Waals surface area contributed by atoms with Crippen LogP contribution in [0, 0.1) is 12.8 Å². The van der Waals surface area contributed by atoms with Gasteiger partial charge in [-0.05, 0) is 51.2 Å². The third-order valence-electron chi connectivity index (χ3n) is 6.57. The summed E-state index contributed by atoms with van der Waals surface area (Å²) >= 11 is 0. The number of aromatic nitrogens is 1. The lowest BCUT2D eigenvalue weighted by atomic mass is 10.0. The average Bonchev–Trinajstić information content (AvgIpc) is 3.30. The molecule has 0 spiro atoms. The molecule has 40 heavy (non-hydrogen) atoms. The Morgan fingerprint density at radius 2 is 1.80 bits per heavy atom. The number of hydrogen-bond donors (Lipinski definition) is 4. The topological polar surface area (TPSA) is 177 Å². The highest BCUT2D eigenvalue weighted by Crippen LogP contribution is 2.24. The maximum absolute atomic E-state index is 13.4. The van der Waals surface area contributed by atoms with Gasteiger partial charge in [0.05, 0.1) is 10.6 Å². The summed E-state index contributed by atoms with van der Waals surface area (Å²) in [5, 5.41) is 10.9. The molecule has 13 heteroatoms. The number of carbonyl (C=O) groups is 4. The maximum atomic E-state index is 13.4. The lowest BCUT2D eigenvalue weighted by molar-refractivity contribution is -0.129. The van der Waals surface area contributed by atoms with Crippen molar-refractivity contribution in [3.8, 4) is 0 Å². The number of hydrogen-bond acceptors (Lipinski definition) is 8. The molecule has 2 bridgehead atoms. The molecule has 2 heterocycles. The molecule has 3 atom stereocenters. The third-order valence-corrected chi connectivity index (χ3v) is 8.30. The minimum absolute atomic E-state index is 0.00567. The molecule has 1 aromatic heterocycles. The quantitative estimate of drug-likeness (QED) is 0.401. The van der Waals surface area contributed by atoms with Crippen molar-refractivity contribution in [3.63, 3.8) is 0 Å². The molecule has 4 N–H and O–H groups in total. The fraction of sp³-hybridized carbons (Fsp3) is 0.519. The molecule has 0 unspecified atom stereocenters. The number of benzene rings is 1. The highest BCUT2D eigenvalue weighted by Gasteiger charge is 2.31. The highest BCUT2D eigenvalue weighted by molar-refractivity contribution is 7.91. The van der Waals surface area contributed by atoms with Crippen LogP contribution in [-0.4, -0.2) is 61.4 Å². The van der Waals surface area contributed by atoms with E-state index in [9.17, 15) is 27.6 Å². The van der Waals surface area contributed by atoms with Gasteiger partial charge in [-0.2, -0.15) is 0 Å². The SMILES string of the molecule is Cc1oc2nc1C(=O)N[C@H](C)C(=O)NCCCC[C@H](NC(=O)CCS(=O)(=O)c1ccccc1)C(=O)N[C@H]2C(C)C. The summed E-state index contributed by atoms with van der Waals surface area (Å²) in [6, 6.07) is 5.37. The van der Waals surface area contributed by atoms with E-state index in [4.69, 9.17) is 4.42 Å². The summed E-state index contributed by atoms with van der Waals surface area (Å²) in [7, 11) is -3.67. The van der Waals surface area contributed by atoms with Crippen LogP contribution >= 0.6 is 0 Å². The monoisotopic (exact) mass is 575 g/mol. The van der Waals surface area contributed by atoms with E-state index in [1.165, 1.54) is 12.1 Å². The lowest BCUT2D eigenvalue weighted by Gasteiger charge is -2.24. The number of fused-ring (bicyclic) bond motifs is 2. The van der Waals surface area contributed by atoms with E-state index in [-0.39, 0.29) is 46.9 Å². The first-order valence-electron chi connectivity index (χ1n) is 13.3. The highest BCUT2D eigenvalue weighted by atomic mass is 32.2. The summed E-state index contributed by atoms with van der Waals surface area (Å²) in [4.78, 5) is 55.8. The van der Waals surface area contributed by atoms with Crippen LogP contribution in [0.1, 0.15) is 74.6 Å². The Labute approximate surface area is 234 Å². The number of carbonyl (C=O) groups excluding carboxylic acids is 4. The Balaban J connectivity index is 1.79. The lowest BCUT2D eigenvalue weighted by Crippen LogP contribution is -2.49. The van der Waals surface area contributed by atoms with Crippen LogP contribution in [0.4, 0.5) is 0 Å². The van der Waals surface area contributed by atoms with Crippen LogP contribution in [0.5, 0.6) is 0 Å². The van der Waals surface area contributed by atoms with Gasteiger partial charge in [-0.25, -0.2) is 13.4 Å². The van der Waals surface area contributed by atoms with Crippen molar-refractivity contribution >= 4 is 33.5 Å². The van der Waals surface area contributed by atoms with Crippen molar-refractivity contribution in [2.45, 2.75) is 76.4 Å². The van der Waals surface area contributed by atoms with Crippen molar-refractivity contribution in [2.75, 3.05) is 12.3 Å². The van der Waals surface area contributed by atoms with Gasteiger partial charge in [0.1, 0.15) is 23.9 Å². The van der Waals surface area contributed by atoms with E-state index < -0.39 is 51.4 Å². The average molecular weight is 576 g/mol. The Bertz CT molecular complexity index is 1320. The third kappa shape index (κ3) is 8.13. The normalized spacial score (nSPS) is 21.3. The maximum Gasteiger partial charge on any atom is 0.274 e.